The lowest BCUT2D eigenvalue weighted by Gasteiger charge is -2.16. The van der Waals surface area contributed by atoms with Crippen molar-refractivity contribution in [2.24, 2.45) is 0 Å². The van der Waals surface area contributed by atoms with Crippen LogP contribution in [0.1, 0.15) is 44.2 Å². The van der Waals surface area contributed by atoms with Gasteiger partial charge in [-0.1, -0.05) is 30.3 Å². The van der Waals surface area contributed by atoms with E-state index in [1.165, 1.54) is 12.8 Å². The van der Waals surface area contributed by atoms with Crippen LogP contribution in [0.2, 0.25) is 0 Å². The van der Waals surface area contributed by atoms with E-state index in [-0.39, 0.29) is 12.1 Å². The smallest absolute Gasteiger partial charge is 0.319 e. The number of carbonyl (C=O) groups excluding carboxylic acids is 1. The van der Waals surface area contributed by atoms with Crippen molar-refractivity contribution in [2.75, 3.05) is 5.32 Å². The lowest BCUT2D eigenvalue weighted by molar-refractivity contribution is 0.210. The maximum absolute atomic E-state index is 12.1. The number of hydrogen-bond acceptors (Lipinski definition) is 2. The molecular weight excluding hydrogens is 300 g/mol. The first kappa shape index (κ1) is 16.4. The van der Waals surface area contributed by atoms with Gasteiger partial charge in [-0.25, -0.2) is 4.79 Å². The first-order valence-corrected chi connectivity index (χ1v) is 8.60. The maximum atomic E-state index is 12.1. The summed E-state index contributed by atoms with van der Waals surface area (Å²) in [4.78, 5) is 12.1. The number of nitrogens with one attached hydrogen (secondary N) is 2. The van der Waals surface area contributed by atoms with Gasteiger partial charge in [-0.2, -0.15) is 0 Å². The molecule has 1 unspecified atom stereocenters. The molecule has 3 rings (SSSR count). The minimum Gasteiger partial charge on any atom is -0.490 e. The number of amides is 2. The van der Waals surface area contributed by atoms with E-state index in [9.17, 15) is 4.79 Å². The van der Waals surface area contributed by atoms with Crippen LogP contribution in [0, 0.1) is 0 Å². The molecule has 1 fully saturated rings. The van der Waals surface area contributed by atoms with Crippen molar-refractivity contribution in [3.63, 3.8) is 0 Å². The maximum Gasteiger partial charge on any atom is 0.319 e. The summed E-state index contributed by atoms with van der Waals surface area (Å²) in [6.45, 7) is 1.97. The van der Waals surface area contributed by atoms with Gasteiger partial charge in [0.1, 0.15) is 5.75 Å². The molecule has 0 aliphatic heterocycles. The molecule has 4 nitrogen and oxygen atoms in total. The predicted octanol–water partition coefficient (Wildman–Crippen LogP) is 4.89. The summed E-state index contributed by atoms with van der Waals surface area (Å²) in [6, 6.07) is 17.2. The predicted molar refractivity (Wildman–Crippen MR) is 96.3 cm³/mol. The molecule has 2 amide bonds. The molecular formula is C20H24N2O2. The first-order valence-electron chi connectivity index (χ1n) is 8.60. The molecule has 0 radical (unpaired) electrons. The summed E-state index contributed by atoms with van der Waals surface area (Å²) < 4.78 is 5.93. The van der Waals surface area contributed by atoms with Gasteiger partial charge in [-0.3, -0.25) is 0 Å². The third-order valence-electron chi connectivity index (χ3n) is 4.36. The summed E-state index contributed by atoms with van der Waals surface area (Å²) in [5, 5.41) is 5.79. The fourth-order valence-corrected chi connectivity index (χ4v) is 3.00. The van der Waals surface area contributed by atoms with Crippen molar-refractivity contribution in [3.05, 3.63) is 60.2 Å². The van der Waals surface area contributed by atoms with Crippen LogP contribution in [-0.4, -0.2) is 12.1 Å². The van der Waals surface area contributed by atoms with E-state index in [1.54, 1.807) is 0 Å². The van der Waals surface area contributed by atoms with Crippen LogP contribution in [-0.2, 0) is 0 Å². The summed E-state index contributed by atoms with van der Waals surface area (Å²) >= 11 is 0. The van der Waals surface area contributed by atoms with Crippen LogP contribution in [0.5, 0.6) is 5.75 Å². The molecule has 1 atom stereocenters. The van der Waals surface area contributed by atoms with Crippen LogP contribution in [0.4, 0.5) is 10.5 Å². The molecule has 1 aliphatic rings. The first-order chi connectivity index (χ1) is 11.7. The Hall–Kier alpha value is -2.49. The van der Waals surface area contributed by atoms with E-state index in [0.29, 0.717) is 6.10 Å². The quantitative estimate of drug-likeness (QED) is 0.822. The Kier molecular flexibility index (Phi) is 5.36. The van der Waals surface area contributed by atoms with Gasteiger partial charge in [0.15, 0.2) is 0 Å². The SMILES string of the molecule is CC(NC(=O)Nc1ccc(OC2CCCC2)cc1)c1ccccc1. The monoisotopic (exact) mass is 324 g/mol. The largest absolute Gasteiger partial charge is 0.490 e. The normalized spacial score (nSPS) is 15.7. The highest BCUT2D eigenvalue weighted by molar-refractivity contribution is 5.89. The van der Waals surface area contributed by atoms with Gasteiger partial charge < -0.3 is 15.4 Å². The number of anilines is 1. The van der Waals surface area contributed by atoms with Crippen molar-refractivity contribution in [3.8, 4) is 5.75 Å². The number of ether oxygens (including phenoxy) is 1. The Balaban J connectivity index is 1.50. The van der Waals surface area contributed by atoms with Crippen molar-refractivity contribution in [2.45, 2.75) is 44.8 Å². The molecule has 2 N–H and O–H groups in total. The molecule has 1 saturated carbocycles. The highest BCUT2D eigenvalue weighted by Gasteiger charge is 2.16. The van der Waals surface area contributed by atoms with Gasteiger partial charge in [-0.15, -0.1) is 0 Å². The van der Waals surface area contributed by atoms with Gasteiger partial charge in [0, 0.05) is 5.69 Å². The minimum atomic E-state index is -0.212. The summed E-state index contributed by atoms with van der Waals surface area (Å²) in [6.07, 6.45) is 5.13. The van der Waals surface area contributed by atoms with Crippen LogP contribution in [0.25, 0.3) is 0 Å². The van der Waals surface area contributed by atoms with E-state index >= 15 is 0 Å². The van der Waals surface area contributed by atoms with Gasteiger partial charge in [0.25, 0.3) is 0 Å². The Labute approximate surface area is 143 Å². The van der Waals surface area contributed by atoms with Crippen molar-refractivity contribution < 1.29 is 9.53 Å². The van der Waals surface area contributed by atoms with Gasteiger partial charge in [-0.05, 0) is 62.4 Å². The third kappa shape index (κ3) is 4.51. The van der Waals surface area contributed by atoms with Crippen LogP contribution in [0.15, 0.2) is 54.6 Å². The Morgan fingerprint density at radius 2 is 1.71 bits per heavy atom. The standard InChI is InChI=1S/C20H24N2O2/c1-15(16-7-3-2-4-8-16)21-20(23)22-17-11-13-19(14-12-17)24-18-9-5-6-10-18/h2-4,7-8,11-15,18H,5-6,9-10H2,1H3,(H2,21,22,23). The molecule has 0 bridgehead atoms. The molecule has 4 heteroatoms. The van der Waals surface area contributed by atoms with Crippen LogP contribution in [0.3, 0.4) is 0 Å². The van der Waals surface area contributed by atoms with Crippen molar-refractivity contribution in [1.82, 2.24) is 5.32 Å². The molecule has 0 spiro atoms. The molecule has 2 aromatic carbocycles. The molecule has 2 aromatic rings. The fraction of sp³-hybridized carbons (Fsp3) is 0.350. The summed E-state index contributed by atoms with van der Waals surface area (Å²) in [5.41, 5.74) is 1.83. The highest BCUT2D eigenvalue weighted by Crippen LogP contribution is 2.25. The number of hydrogen-bond donors (Lipinski definition) is 2. The summed E-state index contributed by atoms with van der Waals surface area (Å²) in [5.74, 6) is 0.866. The second-order valence-corrected chi connectivity index (χ2v) is 6.28. The van der Waals surface area contributed by atoms with Crippen LogP contribution >= 0.6 is 0 Å². The van der Waals surface area contributed by atoms with E-state index in [4.69, 9.17) is 4.74 Å². The zero-order valence-corrected chi connectivity index (χ0v) is 14.0. The highest BCUT2D eigenvalue weighted by atomic mass is 16.5. The molecule has 126 valence electrons. The van der Waals surface area contributed by atoms with Gasteiger partial charge in [0.05, 0.1) is 12.1 Å². The fourth-order valence-electron chi connectivity index (χ4n) is 3.00. The Bertz CT molecular complexity index is 649. The van der Waals surface area contributed by atoms with E-state index < -0.39 is 0 Å². The lowest BCUT2D eigenvalue weighted by Crippen LogP contribution is -2.31. The zero-order chi connectivity index (χ0) is 16.8. The van der Waals surface area contributed by atoms with Crippen LogP contribution < -0.4 is 15.4 Å². The minimum absolute atomic E-state index is 0.0452. The molecule has 1 aliphatic carbocycles. The van der Waals surface area contributed by atoms with E-state index in [0.717, 1.165) is 29.8 Å². The molecule has 0 saturated heterocycles. The molecule has 24 heavy (non-hydrogen) atoms. The molecule has 0 heterocycles. The average Bonchev–Trinajstić information content (AvgIpc) is 3.10. The lowest BCUT2D eigenvalue weighted by atomic mass is 10.1. The second-order valence-electron chi connectivity index (χ2n) is 6.28. The second kappa shape index (κ2) is 7.86. The molecule has 0 aromatic heterocycles. The van der Waals surface area contributed by atoms with E-state index in [2.05, 4.69) is 10.6 Å². The number of urea groups is 1. The zero-order valence-electron chi connectivity index (χ0n) is 14.0. The van der Waals surface area contributed by atoms with E-state index in [1.807, 2.05) is 61.5 Å². The number of rotatable bonds is 5. The Morgan fingerprint density at radius 1 is 1.04 bits per heavy atom. The Morgan fingerprint density at radius 3 is 2.38 bits per heavy atom. The van der Waals surface area contributed by atoms with Gasteiger partial charge >= 0.3 is 6.03 Å². The van der Waals surface area contributed by atoms with Crippen molar-refractivity contribution >= 4 is 11.7 Å². The van der Waals surface area contributed by atoms with Crippen molar-refractivity contribution in [1.29, 1.82) is 0 Å². The van der Waals surface area contributed by atoms with Gasteiger partial charge in [0.2, 0.25) is 0 Å². The third-order valence-corrected chi connectivity index (χ3v) is 4.36. The topological polar surface area (TPSA) is 50.4 Å². The number of carbonyl (C=O) groups is 1. The average molecular weight is 324 g/mol. The summed E-state index contributed by atoms with van der Waals surface area (Å²) in [7, 11) is 0. The number of benzene rings is 2.